The lowest BCUT2D eigenvalue weighted by Crippen LogP contribution is -2.20. The first-order chi connectivity index (χ1) is 10.2. The van der Waals surface area contributed by atoms with Crippen molar-refractivity contribution >= 4 is 23.7 Å². The number of hydrogen-bond acceptors (Lipinski definition) is 8. The van der Waals surface area contributed by atoms with Gasteiger partial charge in [-0.3, -0.25) is 0 Å². The zero-order valence-electron chi connectivity index (χ0n) is 11.8. The lowest BCUT2D eigenvalue weighted by molar-refractivity contribution is 0.735. The molecule has 112 valence electrons. The molecule has 8 nitrogen and oxygen atoms in total. The van der Waals surface area contributed by atoms with Gasteiger partial charge >= 0.3 is 0 Å². The first-order valence-corrected chi connectivity index (χ1v) is 8.04. The minimum atomic E-state index is 0.176. The Morgan fingerprint density at radius 1 is 1.38 bits per heavy atom. The number of aromatic nitrogens is 6. The van der Waals surface area contributed by atoms with E-state index in [9.17, 15) is 0 Å². The number of thioether (sulfide) groups is 1. The van der Waals surface area contributed by atoms with Crippen molar-refractivity contribution in [2.24, 2.45) is 0 Å². The molecule has 0 aromatic carbocycles. The van der Waals surface area contributed by atoms with E-state index in [4.69, 9.17) is 5.73 Å². The molecule has 2 aromatic heterocycles. The van der Waals surface area contributed by atoms with E-state index in [1.807, 2.05) is 11.8 Å². The van der Waals surface area contributed by atoms with E-state index >= 15 is 0 Å². The Balaban J connectivity index is 1.71. The van der Waals surface area contributed by atoms with Gasteiger partial charge in [0.15, 0.2) is 0 Å². The van der Waals surface area contributed by atoms with Crippen LogP contribution in [0.1, 0.15) is 26.2 Å². The largest absolute Gasteiger partial charge is 0.368 e. The Morgan fingerprint density at radius 3 is 3.05 bits per heavy atom. The maximum absolute atomic E-state index is 5.75. The third-order valence-corrected chi connectivity index (χ3v) is 4.62. The minimum absolute atomic E-state index is 0.176. The molecule has 2 unspecified atom stereocenters. The summed E-state index contributed by atoms with van der Waals surface area (Å²) in [5.41, 5.74) is 5.75. The molecule has 2 atom stereocenters. The molecule has 9 heteroatoms. The van der Waals surface area contributed by atoms with E-state index in [2.05, 4.69) is 37.3 Å². The van der Waals surface area contributed by atoms with Gasteiger partial charge in [0.25, 0.3) is 5.95 Å². The summed E-state index contributed by atoms with van der Waals surface area (Å²) in [5.74, 6) is 2.21. The highest BCUT2D eigenvalue weighted by Gasteiger charge is 2.25. The maximum Gasteiger partial charge on any atom is 0.258 e. The molecule has 0 saturated heterocycles. The average molecular weight is 306 g/mol. The summed E-state index contributed by atoms with van der Waals surface area (Å²) in [5, 5.41) is 8.08. The number of nitrogen functional groups attached to an aromatic ring is 1. The van der Waals surface area contributed by atoms with Crippen LogP contribution >= 0.6 is 11.8 Å². The number of nitrogens with zero attached hydrogens (tertiary/aromatic N) is 6. The van der Waals surface area contributed by atoms with E-state index in [0.29, 0.717) is 17.9 Å². The third kappa shape index (κ3) is 3.41. The van der Waals surface area contributed by atoms with Crippen LogP contribution in [0, 0.1) is 0 Å². The second-order valence-electron chi connectivity index (χ2n) is 4.89. The van der Waals surface area contributed by atoms with Gasteiger partial charge < -0.3 is 11.1 Å². The van der Waals surface area contributed by atoms with Gasteiger partial charge in [0.05, 0.1) is 0 Å². The topological polar surface area (TPSA) is 107 Å². The molecule has 0 bridgehead atoms. The van der Waals surface area contributed by atoms with Crippen LogP contribution < -0.4 is 11.1 Å². The molecular formula is C12H18N8S. The van der Waals surface area contributed by atoms with Crippen molar-refractivity contribution in [3.05, 3.63) is 12.7 Å². The van der Waals surface area contributed by atoms with Gasteiger partial charge in [-0.15, -0.1) is 0 Å². The summed E-state index contributed by atoms with van der Waals surface area (Å²) >= 11 is 2.02. The van der Waals surface area contributed by atoms with Gasteiger partial charge in [-0.2, -0.15) is 36.5 Å². The monoisotopic (exact) mass is 306 g/mol. The molecule has 0 radical (unpaired) electrons. The van der Waals surface area contributed by atoms with Crippen LogP contribution in [-0.2, 0) is 0 Å². The Hall–Kier alpha value is -1.90. The lowest BCUT2D eigenvalue weighted by atomic mass is 10.2. The second kappa shape index (κ2) is 6.25. The molecule has 21 heavy (non-hydrogen) atoms. The summed E-state index contributed by atoms with van der Waals surface area (Å²) in [4.78, 5) is 16.5. The number of hydrogen-bond donors (Lipinski definition) is 2. The molecule has 0 spiro atoms. The van der Waals surface area contributed by atoms with Crippen molar-refractivity contribution < 1.29 is 0 Å². The van der Waals surface area contributed by atoms with Gasteiger partial charge in [0.2, 0.25) is 11.9 Å². The zero-order chi connectivity index (χ0) is 14.7. The summed E-state index contributed by atoms with van der Waals surface area (Å²) < 4.78 is 1.47. The van der Waals surface area contributed by atoms with Crippen molar-refractivity contribution in [3.8, 4) is 5.95 Å². The quantitative estimate of drug-likeness (QED) is 0.846. The molecule has 3 rings (SSSR count). The highest BCUT2D eigenvalue weighted by molar-refractivity contribution is 7.99. The molecule has 1 aliphatic carbocycles. The third-order valence-electron chi connectivity index (χ3n) is 3.38. The fourth-order valence-electron chi connectivity index (χ4n) is 2.50. The SMILES string of the molecule is CCSC1CCC(Nc2nc(N)nc(-n3cncn3)n2)C1. The predicted molar refractivity (Wildman–Crippen MR) is 82.3 cm³/mol. The van der Waals surface area contributed by atoms with Crippen molar-refractivity contribution in [2.75, 3.05) is 16.8 Å². The summed E-state index contributed by atoms with van der Waals surface area (Å²) in [6, 6.07) is 0.388. The Labute approximate surface area is 127 Å². The van der Waals surface area contributed by atoms with Gasteiger partial charge in [-0.1, -0.05) is 6.92 Å². The molecule has 2 heterocycles. The molecule has 0 aliphatic heterocycles. The van der Waals surface area contributed by atoms with Gasteiger partial charge in [-0.25, -0.2) is 4.98 Å². The average Bonchev–Trinajstić information content (AvgIpc) is 3.10. The summed E-state index contributed by atoms with van der Waals surface area (Å²) in [6.45, 7) is 2.20. The lowest BCUT2D eigenvalue weighted by Gasteiger charge is -2.13. The molecule has 1 fully saturated rings. The van der Waals surface area contributed by atoms with Crippen molar-refractivity contribution in [1.82, 2.24) is 29.7 Å². The van der Waals surface area contributed by atoms with Crippen LogP contribution in [0.15, 0.2) is 12.7 Å². The van der Waals surface area contributed by atoms with Crippen LogP contribution in [0.2, 0.25) is 0 Å². The first-order valence-electron chi connectivity index (χ1n) is 6.99. The van der Waals surface area contributed by atoms with Crippen LogP contribution in [0.25, 0.3) is 5.95 Å². The highest BCUT2D eigenvalue weighted by atomic mass is 32.2. The number of nitrogens with two attached hydrogens (primary N) is 1. The van der Waals surface area contributed by atoms with E-state index in [1.165, 1.54) is 23.8 Å². The van der Waals surface area contributed by atoms with Gasteiger partial charge in [-0.05, 0) is 25.0 Å². The minimum Gasteiger partial charge on any atom is -0.368 e. The smallest absolute Gasteiger partial charge is 0.258 e. The van der Waals surface area contributed by atoms with Crippen LogP contribution in [-0.4, -0.2) is 46.8 Å². The van der Waals surface area contributed by atoms with Crippen molar-refractivity contribution in [1.29, 1.82) is 0 Å². The van der Waals surface area contributed by atoms with Crippen molar-refractivity contribution in [2.45, 2.75) is 37.5 Å². The normalized spacial score (nSPS) is 21.6. The maximum atomic E-state index is 5.75. The first kappa shape index (κ1) is 14.1. The van der Waals surface area contributed by atoms with Gasteiger partial charge in [0, 0.05) is 11.3 Å². The molecular weight excluding hydrogens is 288 g/mol. The molecule has 0 amide bonds. The number of anilines is 2. The standard InChI is InChI=1S/C12H18N8S/c1-2-21-9-4-3-8(5-9)16-11-17-10(13)18-12(19-11)20-7-14-6-15-20/h6-9H,2-5H2,1H3,(H3,13,16,17,18,19). The fourth-order valence-corrected chi connectivity index (χ4v) is 3.64. The molecule has 1 aliphatic rings. The molecule has 2 aromatic rings. The van der Waals surface area contributed by atoms with E-state index in [0.717, 1.165) is 23.8 Å². The Kier molecular flexibility index (Phi) is 4.18. The summed E-state index contributed by atoms with van der Waals surface area (Å²) in [7, 11) is 0. The number of nitrogens with one attached hydrogen (secondary N) is 1. The highest BCUT2D eigenvalue weighted by Crippen LogP contribution is 2.31. The zero-order valence-corrected chi connectivity index (χ0v) is 12.6. The Morgan fingerprint density at radius 2 is 2.29 bits per heavy atom. The van der Waals surface area contributed by atoms with Crippen LogP contribution in [0.5, 0.6) is 0 Å². The Bertz CT molecular complexity index is 587. The van der Waals surface area contributed by atoms with E-state index < -0.39 is 0 Å². The van der Waals surface area contributed by atoms with Crippen molar-refractivity contribution in [3.63, 3.8) is 0 Å². The predicted octanol–water partition coefficient (Wildman–Crippen LogP) is 1.12. The molecule has 1 saturated carbocycles. The van der Waals surface area contributed by atoms with Crippen LogP contribution in [0.3, 0.4) is 0 Å². The number of rotatable bonds is 5. The van der Waals surface area contributed by atoms with E-state index in [-0.39, 0.29) is 5.95 Å². The second-order valence-corrected chi connectivity index (χ2v) is 6.47. The van der Waals surface area contributed by atoms with Gasteiger partial charge in [0.1, 0.15) is 12.7 Å². The van der Waals surface area contributed by atoms with E-state index in [1.54, 1.807) is 0 Å². The summed E-state index contributed by atoms with van der Waals surface area (Å²) in [6.07, 6.45) is 6.44. The fraction of sp³-hybridized carbons (Fsp3) is 0.583. The van der Waals surface area contributed by atoms with Crippen LogP contribution in [0.4, 0.5) is 11.9 Å². The molecule has 3 N–H and O–H groups in total.